The molecule has 1 rings (SSSR count). The van der Waals surface area contributed by atoms with Gasteiger partial charge in [0.2, 0.25) is 0 Å². The molecule has 0 aromatic rings. The van der Waals surface area contributed by atoms with Crippen LogP contribution >= 0.6 is 0 Å². The summed E-state index contributed by atoms with van der Waals surface area (Å²) in [5, 5.41) is 0. The summed E-state index contributed by atoms with van der Waals surface area (Å²) >= 11 is 0. The van der Waals surface area contributed by atoms with E-state index in [0.29, 0.717) is 132 Å². The van der Waals surface area contributed by atoms with Crippen molar-refractivity contribution in [3.8, 4) is 0 Å². The Kier molecular flexibility index (Phi) is 29.0. The number of hydrogen-bond acceptors (Lipinski definition) is 12. The Labute approximate surface area is 228 Å². The van der Waals surface area contributed by atoms with Crippen LogP contribution in [0.25, 0.3) is 0 Å². The van der Waals surface area contributed by atoms with E-state index in [1.165, 1.54) is 6.42 Å². The second kappa shape index (κ2) is 31.1. The average Bonchev–Trinajstić information content (AvgIpc) is 2.94. The standard InChI is InChI=1S/C26H52O12/c1-27-6-7-28-8-9-29-10-11-30-12-13-31-14-15-32-16-17-33-18-19-34-20-21-35-22-23-36-24-25-38-26-4-2-3-5-37-26/h26H,2-25H2,1H3. The molecule has 0 aromatic heterocycles. The molecule has 0 aromatic carbocycles. The zero-order valence-corrected chi connectivity index (χ0v) is 23.4. The normalized spacial score (nSPS) is 15.9. The van der Waals surface area contributed by atoms with Crippen molar-refractivity contribution in [3.05, 3.63) is 0 Å². The van der Waals surface area contributed by atoms with Gasteiger partial charge in [-0.3, -0.25) is 0 Å². The first kappa shape index (κ1) is 35.5. The fraction of sp³-hybridized carbons (Fsp3) is 1.00. The van der Waals surface area contributed by atoms with E-state index in [-0.39, 0.29) is 6.29 Å². The molecule has 1 atom stereocenters. The minimum absolute atomic E-state index is 0.0614. The minimum atomic E-state index is -0.0614. The summed E-state index contributed by atoms with van der Waals surface area (Å²) in [6.07, 6.45) is 3.20. The zero-order chi connectivity index (χ0) is 27.0. The van der Waals surface area contributed by atoms with E-state index >= 15 is 0 Å². The van der Waals surface area contributed by atoms with Gasteiger partial charge in [-0.15, -0.1) is 0 Å². The maximum absolute atomic E-state index is 5.60. The van der Waals surface area contributed by atoms with Gasteiger partial charge < -0.3 is 56.8 Å². The SMILES string of the molecule is COCCOCCOCCOCCOCCOCCOCCOCCOCCOCCOC1CCCCO1. The van der Waals surface area contributed by atoms with Gasteiger partial charge in [-0.1, -0.05) is 0 Å². The average molecular weight is 557 g/mol. The van der Waals surface area contributed by atoms with Gasteiger partial charge >= 0.3 is 0 Å². The van der Waals surface area contributed by atoms with Crippen molar-refractivity contribution in [2.24, 2.45) is 0 Å². The maximum atomic E-state index is 5.60. The fourth-order valence-corrected chi connectivity index (χ4v) is 3.08. The third kappa shape index (κ3) is 27.1. The Hall–Kier alpha value is -0.480. The Balaban J connectivity index is 1.61. The lowest BCUT2D eigenvalue weighted by Gasteiger charge is -2.22. The van der Waals surface area contributed by atoms with E-state index in [2.05, 4.69) is 0 Å². The predicted molar refractivity (Wildman–Crippen MR) is 139 cm³/mol. The van der Waals surface area contributed by atoms with Gasteiger partial charge in [-0.25, -0.2) is 0 Å². The fourth-order valence-electron chi connectivity index (χ4n) is 3.08. The Morgan fingerprint density at radius 3 is 1.03 bits per heavy atom. The third-order valence-electron chi connectivity index (χ3n) is 5.08. The first-order chi connectivity index (χ1) is 18.9. The summed E-state index contributed by atoms with van der Waals surface area (Å²) in [7, 11) is 1.65. The molecule has 1 aliphatic rings. The van der Waals surface area contributed by atoms with E-state index in [0.717, 1.165) is 19.4 Å². The second-order valence-corrected chi connectivity index (χ2v) is 8.17. The monoisotopic (exact) mass is 556 g/mol. The summed E-state index contributed by atoms with van der Waals surface area (Å²) in [6.45, 7) is 11.6. The Bertz CT molecular complexity index is 440. The summed E-state index contributed by atoms with van der Waals surface area (Å²) in [6, 6.07) is 0. The molecule has 0 spiro atoms. The van der Waals surface area contributed by atoms with Crippen LogP contribution in [-0.4, -0.2) is 152 Å². The lowest BCUT2D eigenvalue weighted by Crippen LogP contribution is -2.24. The maximum Gasteiger partial charge on any atom is 0.157 e. The lowest BCUT2D eigenvalue weighted by molar-refractivity contribution is -0.169. The topological polar surface area (TPSA) is 111 Å². The summed E-state index contributed by atoms with van der Waals surface area (Å²) in [4.78, 5) is 0. The molecule has 12 nitrogen and oxygen atoms in total. The van der Waals surface area contributed by atoms with Gasteiger partial charge in [0.25, 0.3) is 0 Å². The molecule has 0 saturated carbocycles. The van der Waals surface area contributed by atoms with E-state index in [1.54, 1.807) is 7.11 Å². The van der Waals surface area contributed by atoms with E-state index in [4.69, 9.17) is 56.8 Å². The first-order valence-electron chi connectivity index (χ1n) is 13.9. The number of ether oxygens (including phenoxy) is 12. The molecule has 1 fully saturated rings. The van der Waals surface area contributed by atoms with Crippen LogP contribution in [0.4, 0.5) is 0 Å². The van der Waals surface area contributed by atoms with E-state index in [1.807, 2.05) is 0 Å². The molecule has 38 heavy (non-hydrogen) atoms. The van der Waals surface area contributed by atoms with Gasteiger partial charge in [0.1, 0.15) is 0 Å². The molecule has 0 N–H and O–H groups in total. The van der Waals surface area contributed by atoms with Crippen LogP contribution in [0.15, 0.2) is 0 Å². The molecule has 0 bridgehead atoms. The van der Waals surface area contributed by atoms with Gasteiger partial charge in [0.15, 0.2) is 6.29 Å². The highest BCUT2D eigenvalue weighted by Crippen LogP contribution is 2.13. The number of hydrogen-bond donors (Lipinski definition) is 0. The Morgan fingerprint density at radius 2 is 0.737 bits per heavy atom. The minimum Gasteiger partial charge on any atom is -0.382 e. The van der Waals surface area contributed by atoms with Crippen molar-refractivity contribution >= 4 is 0 Å². The molecule has 1 heterocycles. The first-order valence-corrected chi connectivity index (χ1v) is 13.9. The summed E-state index contributed by atoms with van der Waals surface area (Å²) < 4.78 is 64.9. The molecular weight excluding hydrogens is 504 g/mol. The molecule has 1 unspecified atom stereocenters. The van der Waals surface area contributed by atoms with Crippen LogP contribution in [-0.2, 0) is 56.8 Å². The number of rotatable bonds is 31. The molecule has 1 aliphatic heterocycles. The van der Waals surface area contributed by atoms with Crippen LogP contribution in [0.5, 0.6) is 0 Å². The highest BCUT2D eigenvalue weighted by atomic mass is 16.7. The summed E-state index contributed by atoms with van der Waals surface area (Å²) in [5.74, 6) is 0. The van der Waals surface area contributed by atoms with Crippen molar-refractivity contribution in [1.82, 2.24) is 0 Å². The molecule has 0 aliphatic carbocycles. The van der Waals surface area contributed by atoms with E-state index < -0.39 is 0 Å². The molecule has 0 radical (unpaired) electrons. The largest absolute Gasteiger partial charge is 0.382 e. The molecule has 228 valence electrons. The molecule has 0 amide bonds. The second-order valence-electron chi connectivity index (χ2n) is 8.17. The van der Waals surface area contributed by atoms with Crippen LogP contribution in [0.2, 0.25) is 0 Å². The van der Waals surface area contributed by atoms with Crippen molar-refractivity contribution in [3.63, 3.8) is 0 Å². The van der Waals surface area contributed by atoms with Gasteiger partial charge in [0, 0.05) is 13.7 Å². The highest BCUT2D eigenvalue weighted by Gasteiger charge is 2.13. The van der Waals surface area contributed by atoms with Crippen LogP contribution < -0.4 is 0 Å². The van der Waals surface area contributed by atoms with Crippen LogP contribution in [0.1, 0.15) is 19.3 Å². The summed E-state index contributed by atoms with van der Waals surface area (Å²) in [5.41, 5.74) is 0. The smallest absolute Gasteiger partial charge is 0.157 e. The van der Waals surface area contributed by atoms with Crippen molar-refractivity contribution in [2.75, 3.05) is 146 Å². The Morgan fingerprint density at radius 1 is 0.421 bits per heavy atom. The highest BCUT2D eigenvalue weighted by molar-refractivity contribution is 4.53. The van der Waals surface area contributed by atoms with Crippen LogP contribution in [0.3, 0.4) is 0 Å². The van der Waals surface area contributed by atoms with E-state index in [9.17, 15) is 0 Å². The molecule has 1 saturated heterocycles. The predicted octanol–water partition coefficient (Wildman–Crippen LogP) is 1.33. The van der Waals surface area contributed by atoms with Crippen molar-refractivity contribution < 1.29 is 56.8 Å². The van der Waals surface area contributed by atoms with Crippen molar-refractivity contribution in [1.29, 1.82) is 0 Å². The third-order valence-corrected chi connectivity index (χ3v) is 5.08. The van der Waals surface area contributed by atoms with Crippen molar-refractivity contribution in [2.45, 2.75) is 25.6 Å². The van der Waals surface area contributed by atoms with Gasteiger partial charge in [-0.2, -0.15) is 0 Å². The lowest BCUT2D eigenvalue weighted by atomic mass is 10.2. The number of methoxy groups -OCH3 is 1. The van der Waals surface area contributed by atoms with Gasteiger partial charge in [-0.05, 0) is 19.3 Å². The quantitative estimate of drug-likeness (QED) is 0.115. The zero-order valence-electron chi connectivity index (χ0n) is 23.4. The molecular formula is C26H52O12. The van der Waals surface area contributed by atoms with Crippen LogP contribution in [0, 0.1) is 0 Å². The van der Waals surface area contributed by atoms with Gasteiger partial charge in [0.05, 0.1) is 132 Å². The molecule has 12 heteroatoms.